The summed E-state index contributed by atoms with van der Waals surface area (Å²) < 4.78 is 53.5. The average molecular weight is 302 g/mol. The predicted molar refractivity (Wildman–Crippen MR) is 73.7 cm³/mol. The molecule has 1 saturated heterocycles. The average Bonchev–Trinajstić information content (AvgIpc) is 2.55. The summed E-state index contributed by atoms with van der Waals surface area (Å²) in [5.41, 5.74) is -0.663. The lowest BCUT2D eigenvalue weighted by Crippen LogP contribution is -2.41. The molecule has 1 aromatic carbocycles. The number of benzene rings is 1. The van der Waals surface area contributed by atoms with Gasteiger partial charge in [0.05, 0.1) is 11.2 Å². The molecular weight excluding hydrogens is 284 g/mol. The lowest BCUT2D eigenvalue weighted by atomic mass is 9.78. The smallest absolute Gasteiger partial charge is 0.484 e. The van der Waals surface area contributed by atoms with E-state index in [0.717, 1.165) is 0 Å². The third-order valence-corrected chi connectivity index (χ3v) is 3.82. The van der Waals surface area contributed by atoms with Crippen LogP contribution in [0.4, 0.5) is 13.2 Å². The third-order valence-electron chi connectivity index (χ3n) is 3.82. The molecule has 1 fully saturated rings. The molecule has 0 unspecified atom stereocenters. The Kier molecular flexibility index (Phi) is 4.01. The lowest BCUT2D eigenvalue weighted by molar-refractivity contribution is -0.153. The summed E-state index contributed by atoms with van der Waals surface area (Å²) >= 11 is 0. The van der Waals surface area contributed by atoms with Crippen LogP contribution in [0.2, 0.25) is 0 Å². The van der Waals surface area contributed by atoms with Crippen LogP contribution in [-0.4, -0.2) is 31.1 Å². The van der Waals surface area contributed by atoms with Crippen LogP contribution in [0, 0.1) is 0 Å². The van der Waals surface area contributed by atoms with Crippen molar-refractivity contribution in [2.24, 2.45) is 0 Å². The molecule has 116 valence electrons. The molecule has 1 aliphatic heterocycles. The van der Waals surface area contributed by atoms with Crippen LogP contribution in [0.15, 0.2) is 24.3 Å². The minimum atomic E-state index is -4.39. The minimum Gasteiger partial charge on any atom is -0.484 e. The zero-order valence-electron chi connectivity index (χ0n) is 12.5. The highest BCUT2D eigenvalue weighted by Gasteiger charge is 2.52. The van der Waals surface area contributed by atoms with Crippen molar-refractivity contribution in [2.75, 3.05) is 6.61 Å². The standard InChI is InChI=1S/C14H18BF3O3/c1-12(2)13(3,4)21-15(20-12)10-7-5-6-8-11(10)19-9-14(16,17)18/h5-8H,9H2,1-4H3. The molecule has 0 spiro atoms. The molecule has 1 aromatic rings. The van der Waals surface area contributed by atoms with Crippen molar-refractivity contribution in [3.05, 3.63) is 24.3 Å². The normalized spacial score (nSPS) is 20.6. The first-order chi connectivity index (χ1) is 9.52. The van der Waals surface area contributed by atoms with E-state index in [9.17, 15) is 13.2 Å². The van der Waals surface area contributed by atoms with Crippen molar-refractivity contribution in [1.29, 1.82) is 0 Å². The molecule has 0 bridgehead atoms. The van der Waals surface area contributed by atoms with Crippen molar-refractivity contribution in [3.8, 4) is 5.75 Å². The Labute approximate surface area is 122 Å². The second-order valence-electron chi connectivity index (χ2n) is 6.03. The summed E-state index contributed by atoms with van der Waals surface area (Å²) in [6.07, 6.45) is -4.39. The van der Waals surface area contributed by atoms with Crippen LogP contribution in [0.1, 0.15) is 27.7 Å². The van der Waals surface area contributed by atoms with E-state index in [2.05, 4.69) is 0 Å². The first-order valence-corrected chi connectivity index (χ1v) is 6.66. The SMILES string of the molecule is CC1(C)OB(c2ccccc2OCC(F)(F)F)OC1(C)C. The zero-order chi connectivity index (χ0) is 15.9. The van der Waals surface area contributed by atoms with Gasteiger partial charge in [0.2, 0.25) is 0 Å². The van der Waals surface area contributed by atoms with Gasteiger partial charge in [0.15, 0.2) is 6.61 Å². The molecule has 0 saturated carbocycles. The van der Waals surface area contributed by atoms with E-state index in [-0.39, 0.29) is 5.75 Å². The maximum absolute atomic E-state index is 12.3. The van der Waals surface area contributed by atoms with Gasteiger partial charge in [-0.2, -0.15) is 13.2 Å². The Morgan fingerprint density at radius 3 is 2.10 bits per heavy atom. The van der Waals surface area contributed by atoms with Gasteiger partial charge in [-0.3, -0.25) is 0 Å². The van der Waals surface area contributed by atoms with Gasteiger partial charge in [-0.05, 0) is 33.8 Å². The summed E-state index contributed by atoms with van der Waals surface area (Å²) in [4.78, 5) is 0. The fourth-order valence-electron chi connectivity index (χ4n) is 1.94. The lowest BCUT2D eigenvalue weighted by Gasteiger charge is -2.32. The Hall–Kier alpha value is -1.21. The number of para-hydroxylation sites is 1. The number of ether oxygens (including phenoxy) is 1. The maximum Gasteiger partial charge on any atom is 0.498 e. The molecule has 21 heavy (non-hydrogen) atoms. The van der Waals surface area contributed by atoms with Crippen LogP contribution < -0.4 is 10.2 Å². The van der Waals surface area contributed by atoms with Gasteiger partial charge in [-0.1, -0.05) is 18.2 Å². The molecule has 0 N–H and O–H groups in total. The fraction of sp³-hybridized carbons (Fsp3) is 0.571. The van der Waals surface area contributed by atoms with Crippen molar-refractivity contribution in [2.45, 2.75) is 45.1 Å². The molecule has 0 aliphatic carbocycles. The fourth-order valence-corrected chi connectivity index (χ4v) is 1.94. The number of alkyl halides is 3. The van der Waals surface area contributed by atoms with Gasteiger partial charge in [-0.15, -0.1) is 0 Å². The van der Waals surface area contributed by atoms with Crippen LogP contribution in [-0.2, 0) is 9.31 Å². The topological polar surface area (TPSA) is 27.7 Å². The van der Waals surface area contributed by atoms with Crippen molar-refractivity contribution in [1.82, 2.24) is 0 Å². The molecule has 2 rings (SSSR count). The summed E-state index contributed by atoms with van der Waals surface area (Å²) in [5.74, 6) is 0.119. The Morgan fingerprint density at radius 2 is 1.57 bits per heavy atom. The van der Waals surface area contributed by atoms with Crippen LogP contribution in [0.25, 0.3) is 0 Å². The highest BCUT2D eigenvalue weighted by molar-refractivity contribution is 6.63. The Balaban J connectivity index is 2.22. The highest BCUT2D eigenvalue weighted by atomic mass is 19.4. The number of hydrogen-bond acceptors (Lipinski definition) is 3. The number of halogens is 3. The van der Waals surface area contributed by atoms with E-state index in [1.165, 1.54) is 6.07 Å². The summed E-state index contributed by atoms with van der Waals surface area (Å²) in [5, 5.41) is 0. The molecule has 1 heterocycles. The third kappa shape index (κ3) is 3.52. The molecular formula is C14H18BF3O3. The molecule has 7 heteroatoms. The molecule has 0 atom stereocenters. The van der Waals surface area contributed by atoms with Gasteiger partial charge < -0.3 is 14.0 Å². The second kappa shape index (κ2) is 5.21. The molecule has 0 amide bonds. The molecule has 1 aliphatic rings. The largest absolute Gasteiger partial charge is 0.498 e. The van der Waals surface area contributed by atoms with Crippen molar-refractivity contribution < 1.29 is 27.2 Å². The summed E-state index contributed by atoms with van der Waals surface area (Å²) in [6, 6.07) is 6.45. The van der Waals surface area contributed by atoms with Crippen LogP contribution >= 0.6 is 0 Å². The van der Waals surface area contributed by atoms with Crippen molar-refractivity contribution >= 4 is 12.6 Å². The molecule has 0 aromatic heterocycles. The van der Waals surface area contributed by atoms with Crippen LogP contribution in [0.5, 0.6) is 5.75 Å². The molecule has 3 nitrogen and oxygen atoms in total. The summed E-state index contributed by atoms with van der Waals surface area (Å²) in [7, 11) is -0.751. The first kappa shape index (κ1) is 16.2. The summed E-state index contributed by atoms with van der Waals surface area (Å²) in [6.45, 7) is 6.18. The van der Waals surface area contributed by atoms with Gasteiger partial charge in [-0.25, -0.2) is 0 Å². The van der Waals surface area contributed by atoms with E-state index < -0.39 is 31.1 Å². The highest BCUT2D eigenvalue weighted by Crippen LogP contribution is 2.37. The monoisotopic (exact) mass is 302 g/mol. The van der Waals surface area contributed by atoms with Gasteiger partial charge in [0, 0.05) is 5.46 Å². The van der Waals surface area contributed by atoms with Crippen LogP contribution in [0.3, 0.4) is 0 Å². The quantitative estimate of drug-likeness (QED) is 0.804. The van der Waals surface area contributed by atoms with Crippen molar-refractivity contribution in [3.63, 3.8) is 0 Å². The number of hydrogen-bond donors (Lipinski definition) is 0. The zero-order valence-corrected chi connectivity index (χ0v) is 12.5. The minimum absolute atomic E-state index is 0.119. The Bertz CT molecular complexity index is 498. The Morgan fingerprint density at radius 1 is 1.05 bits per heavy atom. The van der Waals surface area contributed by atoms with Gasteiger partial charge >= 0.3 is 13.3 Å². The van der Waals surface area contributed by atoms with E-state index >= 15 is 0 Å². The van der Waals surface area contributed by atoms with Gasteiger partial charge in [0.25, 0.3) is 0 Å². The van der Waals surface area contributed by atoms with E-state index in [1.807, 2.05) is 27.7 Å². The predicted octanol–water partition coefficient (Wildman–Crippen LogP) is 2.93. The molecule has 0 radical (unpaired) electrons. The first-order valence-electron chi connectivity index (χ1n) is 6.66. The van der Waals surface area contributed by atoms with E-state index in [1.54, 1.807) is 18.2 Å². The van der Waals surface area contributed by atoms with E-state index in [4.69, 9.17) is 14.0 Å². The number of rotatable bonds is 3. The van der Waals surface area contributed by atoms with E-state index in [0.29, 0.717) is 5.46 Å². The van der Waals surface area contributed by atoms with Gasteiger partial charge in [0.1, 0.15) is 5.75 Å². The second-order valence-corrected chi connectivity index (χ2v) is 6.03. The maximum atomic E-state index is 12.3.